The van der Waals surface area contributed by atoms with E-state index >= 15 is 4.39 Å². The normalized spacial score (nSPS) is 15.7. The lowest BCUT2D eigenvalue weighted by Crippen LogP contribution is -2.44. The Bertz CT molecular complexity index is 1590. The summed E-state index contributed by atoms with van der Waals surface area (Å²) in [6.07, 6.45) is -2.95. The number of carbonyl (C=O) groups is 1. The summed E-state index contributed by atoms with van der Waals surface area (Å²) in [5.74, 6) is -0.959. The van der Waals surface area contributed by atoms with Gasteiger partial charge in [0.1, 0.15) is 24.2 Å². The third-order valence-electron chi connectivity index (χ3n) is 7.63. The number of hydrogen-bond acceptors (Lipinski definition) is 5. The first kappa shape index (κ1) is 31.5. The Kier molecular flexibility index (Phi) is 9.05. The van der Waals surface area contributed by atoms with Crippen molar-refractivity contribution < 1.29 is 40.2 Å². The van der Waals surface area contributed by atoms with E-state index < -0.39 is 46.1 Å². The molecule has 1 atom stereocenters. The molecule has 0 radical (unpaired) electrons. The van der Waals surface area contributed by atoms with E-state index in [2.05, 4.69) is 0 Å². The van der Waals surface area contributed by atoms with Gasteiger partial charge in [0.15, 0.2) is 0 Å². The number of carbonyl (C=O) groups excluding carboxylic acids is 1. The second kappa shape index (κ2) is 12.1. The fourth-order valence-electron chi connectivity index (χ4n) is 5.23. The monoisotopic (exact) mass is 611 g/mol. The van der Waals surface area contributed by atoms with E-state index in [1.807, 2.05) is 4.57 Å². The minimum Gasteiger partial charge on any atom is -0.496 e. The van der Waals surface area contributed by atoms with Crippen LogP contribution < -0.4 is 4.74 Å². The molecule has 0 bridgehead atoms. The maximum absolute atomic E-state index is 15.0. The fourth-order valence-corrected chi connectivity index (χ4v) is 6.75. The summed E-state index contributed by atoms with van der Waals surface area (Å²) in [7, 11) is -0.935. The zero-order valence-electron chi connectivity index (χ0n) is 24.0. The number of hydrogen-bond donors (Lipinski definition) is 0. The summed E-state index contributed by atoms with van der Waals surface area (Å²) in [5, 5.41) is 0. The molecule has 2 aromatic carbocycles. The van der Waals surface area contributed by atoms with Gasteiger partial charge < -0.3 is 18.9 Å². The summed E-state index contributed by atoms with van der Waals surface area (Å²) in [5.41, 5.74) is 1.34. The van der Waals surface area contributed by atoms with Crippen molar-refractivity contribution in [2.75, 3.05) is 40.5 Å². The minimum absolute atomic E-state index is 0.0427. The highest BCUT2D eigenvalue weighted by molar-refractivity contribution is 7.89. The van der Waals surface area contributed by atoms with E-state index in [1.165, 1.54) is 19.1 Å². The topological polar surface area (TPSA) is 81.1 Å². The van der Waals surface area contributed by atoms with E-state index in [1.54, 1.807) is 45.2 Å². The van der Waals surface area contributed by atoms with Gasteiger partial charge in [-0.25, -0.2) is 12.8 Å². The number of nitrogens with zero attached hydrogens (tertiary/aromatic N) is 3. The fraction of sp³-hybridized carbons (Fsp3) is 0.414. The lowest BCUT2D eigenvalue weighted by atomic mass is 9.97. The van der Waals surface area contributed by atoms with E-state index in [0.717, 1.165) is 22.0 Å². The first-order chi connectivity index (χ1) is 19.7. The van der Waals surface area contributed by atoms with Crippen LogP contribution in [-0.2, 0) is 32.3 Å². The number of aromatic nitrogens is 1. The predicted molar refractivity (Wildman–Crippen MR) is 147 cm³/mol. The highest BCUT2D eigenvalue weighted by atomic mass is 32.2. The first-order valence-electron chi connectivity index (χ1n) is 13.2. The Morgan fingerprint density at radius 3 is 2.45 bits per heavy atom. The number of sulfonamides is 1. The van der Waals surface area contributed by atoms with E-state index in [4.69, 9.17) is 9.47 Å². The maximum Gasteiger partial charge on any atom is 0.416 e. The number of fused-ring (bicyclic) bond motifs is 1. The number of likely N-dealkylation sites (N-methyl/N-ethyl adjacent to an activating group) is 1. The molecule has 13 heteroatoms. The number of rotatable bonds is 9. The zero-order chi connectivity index (χ0) is 31.0. The standard InChI is InChI=1S/C29H33F4N3O5S/c1-18-15-25(19(2)20(3)28(18)40-5)42(38,39)34(4)13-14-41-17-26(37)36-12-11-35-10-6-7-24(35)27(36)22-9-8-21(16-23(22)30)29(31,32)33/h6-10,15-16,27H,11-14,17H2,1-5H3. The second-order valence-corrected chi connectivity index (χ2v) is 12.2. The quantitative estimate of drug-likeness (QED) is 0.255. The molecular formula is C29H33F4N3O5S. The molecule has 228 valence electrons. The number of methoxy groups -OCH3 is 1. The van der Waals surface area contributed by atoms with Crippen LogP contribution in [0, 0.1) is 26.6 Å². The van der Waals surface area contributed by atoms with Crippen LogP contribution in [0.1, 0.15) is 39.6 Å². The number of amides is 1. The Hall–Kier alpha value is -3.42. The molecule has 0 aliphatic carbocycles. The number of halogens is 4. The van der Waals surface area contributed by atoms with Gasteiger partial charge in [-0.2, -0.15) is 17.5 Å². The molecule has 0 saturated heterocycles. The maximum atomic E-state index is 15.0. The SMILES string of the molecule is COc1c(C)cc(S(=O)(=O)N(C)CCOCC(=O)N2CCn3cccc3C2c2ccc(C(F)(F)F)cc2F)c(C)c1C. The van der Waals surface area contributed by atoms with Gasteiger partial charge in [-0.3, -0.25) is 4.79 Å². The van der Waals surface area contributed by atoms with E-state index in [0.29, 0.717) is 35.2 Å². The van der Waals surface area contributed by atoms with Crippen LogP contribution in [0.25, 0.3) is 0 Å². The molecule has 0 saturated carbocycles. The van der Waals surface area contributed by atoms with Crippen LogP contribution >= 0.6 is 0 Å². The van der Waals surface area contributed by atoms with Gasteiger partial charge in [-0.05, 0) is 67.8 Å². The van der Waals surface area contributed by atoms with E-state index in [9.17, 15) is 26.4 Å². The van der Waals surface area contributed by atoms with Crippen molar-refractivity contribution in [3.05, 3.63) is 81.9 Å². The molecule has 0 spiro atoms. The third kappa shape index (κ3) is 6.04. The average Bonchev–Trinajstić information content (AvgIpc) is 3.41. The van der Waals surface area contributed by atoms with Gasteiger partial charge in [0, 0.05) is 44.1 Å². The second-order valence-electron chi connectivity index (χ2n) is 10.2. The number of aryl methyl sites for hydroxylation is 1. The Morgan fingerprint density at radius 1 is 1.10 bits per heavy atom. The van der Waals surface area contributed by atoms with Crippen molar-refractivity contribution in [2.24, 2.45) is 0 Å². The molecule has 1 unspecified atom stereocenters. The number of ether oxygens (including phenoxy) is 2. The average molecular weight is 612 g/mol. The molecule has 0 N–H and O–H groups in total. The van der Waals surface area contributed by atoms with Gasteiger partial charge in [-0.15, -0.1) is 0 Å². The molecule has 2 heterocycles. The van der Waals surface area contributed by atoms with E-state index in [-0.39, 0.29) is 30.2 Å². The third-order valence-corrected chi connectivity index (χ3v) is 9.61. The van der Waals surface area contributed by atoms with Gasteiger partial charge in [0.05, 0.1) is 24.2 Å². The number of alkyl halides is 3. The van der Waals surface area contributed by atoms with Crippen LogP contribution in [-0.4, -0.2) is 68.6 Å². The van der Waals surface area contributed by atoms with Gasteiger partial charge in [-0.1, -0.05) is 6.07 Å². The van der Waals surface area contributed by atoms with Gasteiger partial charge in [0.25, 0.3) is 0 Å². The first-order valence-corrected chi connectivity index (χ1v) is 14.6. The molecule has 3 aromatic rings. The van der Waals surface area contributed by atoms with Crippen molar-refractivity contribution >= 4 is 15.9 Å². The molecule has 1 aliphatic rings. The summed E-state index contributed by atoms with van der Waals surface area (Å²) in [6, 6.07) is 6.29. The lowest BCUT2D eigenvalue weighted by Gasteiger charge is -2.37. The minimum atomic E-state index is -4.71. The molecule has 1 aliphatic heterocycles. The Labute approximate surface area is 242 Å². The largest absolute Gasteiger partial charge is 0.496 e. The molecule has 0 fully saturated rings. The summed E-state index contributed by atoms with van der Waals surface area (Å²) < 4.78 is 94.8. The summed E-state index contributed by atoms with van der Waals surface area (Å²) in [6.45, 7) is 5.28. The number of benzene rings is 2. The highest BCUT2D eigenvalue weighted by Crippen LogP contribution is 2.37. The van der Waals surface area contributed by atoms with Crippen molar-refractivity contribution in [1.29, 1.82) is 0 Å². The summed E-state index contributed by atoms with van der Waals surface area (Å²) in [4.78, 5) is 14.8. The Balaban J connectivity index is 1.45. The molecule has 42 heavy (non-hydrogen) atoms. The summed E-state index contributed by atoms with van der Waals surface area (Å²) >= 11 is 0. The highest BCUT2D eigenvalue weighted by Gasteiger charge is 2.36. The molecule has 1 aromatic heterocycles. The molecule has 1 amide bonds. The van der Waals surface area contributed by atoms with Crippen molar-refractivity contribution in [3.63, 3.8) is 0 Å². The van der Waals surface area contributed by atoms with Crippen LogP contribution in [0.5, 0.6) is 5.75 Å². The van der Waals surface area contributed by atoms with Crippen LogP contribution in [0.15, 0.2) is 47.5 Å². The molecular weight excluding hydrogens is 578 g/mol. The Morgan fingerprint density at radius 2 is 1.81 bits per heavy atom. The van der Waals surface area contributed by atoms with Crippen molar-refractivity contribution in [3.8, 4) is 5.75 Å². The zero-order valence-corrected chi connectivity index (χ0v) is 24.8. The van der Waals surface area contributed by atoms with Gasteiger partial charge in [0.2, 0.25) is 15.9 Å². The van der Waals surface area contributed by atoms with Crippen molar-refractivity contribution in [1.82, 2.24) is 13.8 Å². The van der Waals surface area contributed by atoms with Crippen LogP contribution in [0.3, 0.4) is 0 Å². The lowest BCUT2D eigenvalue weighted by molar-refractivity contribution is -0.139. The molecule has 8 nitrogen and oxygen atoms in total. The van der Waals surface area contributed by atoms with Crippen molar-refractivity contribution in [2.45, 2.75) is 44.4 Å². The molecule has 4 rings (SSSR count). The predicted octanol–water partition coefficient (Wildman–Crippen LogP) is 4.85. The van der Waals surface area contributed by atoms with Crippen LogP contribution in [0.4, 0.5) is 17.6 Å². The van der Waals surface area contributed by atoms with Gasteiger partial charge >= 0.3 is 6.18 Å². The smallest absolute Gasteiger partial charge is 0.416 e. The van der Waals surface area contributed by atoms with Crippen LogP contribution in [0.2, 0.25) is 0 Å².